The van der Waals surface area contributed by atoms with E-state index in [2.05, 4.69) is 9.97 Å². The summed E-state index contributed by atoms with van der Waals surface area (Å²) in [6, 6.07) is 13.7. The third kappa shape index (κ3) is 1.69. The maximum atomic E-state index is 5.37. The summed E-state index contributed by atoms with van der Waals surface area (Å²) >= 11 is 0. The van der Waals surface area contributed by atoms with Gasteiger partial charge in [-0.3, -0.25) is 0 Å². The molecule has 0 radical (unpaired) electrons. The minimum Gasteiger partial charge on any atom is -0.454 e. The highest BCUT2D eigenvalue weighted by Gasteiger charge is 2.14. The standard InChI is InChI=1S/C15H10N2O2/c1-2-4-12-11(3-1)8-16-15(17-12)10-5-6-13-14(7-10)19-9-18-13/h1-8H,9H2. The maximum absolute atomic E-state index is 5.37. The van der Waals surface area contributed by atoms with Crippen LogP contribution in [0.1, 0.15) is 0 Å². The lowest BCUT2D eigenvalue weighted by Crippen LogP contribution is -1.93. The van der Waals surface area contributed by atoms with Crippen molar-refractivity contribution in [3.63, 3.8) is 0 Å². The summed E-state index contributed by atoms with van der Waals surface area (Å²) in [5, 5.41) is 1.03. The highest BCUT2D eigenvalue weighted by molar-refractivity contribution is 5.79. The van der Waals surface area contributed by atoms with Crippen LogP contribution in [0, 0.1) is 0 Å². The van der Waals surface area contributed by atoms with Crippen LogP contribution >= 0.6 is 0 Å². The van der Waals surface area contributed by atoms with E-state index in [0.717, 1.165) is 28.0 Å². The van der Waals surface area contributed by atoms with Gasteiger partial charge >= 0.3 is 0 Å². The first-order chi connectivity index (χ1) is 9.40. The third-order valence-electron chi connectivity index (χ3n) is 3.12. The molecular formula is C15H10N2O2. The van der Waals surface area contributed by atoms with Gasteiger partial charge in [0.05, 0.1) is 5.52 Å². The number of rotatable bonds is 1. The van der Waals surface area contributed by atoms with Gasteiger partial charge in [0.2, 0.25) is 6.79 Å². The van der Waals surface area contributed by atoms with Gasteiger partial charge in [-0.15, -0.1) is 0 Å². The molecule has 0 saturated carbocycles. The van der Waals surface area contributed by atoms with Gasteiger partial charge in [-0.05, 0) is 24.3 Å². The monoisotopic (exact) mass is 250 g/mol. The Labute approximate surface area is 109 Å². The van der Waals surface area contributed by atoms with Gasteiger partial charge in [0.25, 0.3) is 0 Å². The first-order valence-electron chi connectivity index (χ1n) is 6.02. The minimum absolute atomic E-state index is 0.275. The number of ether oxygens (including phenoxy) is 2. The van der Waals surface area contributed by atoms with Gasteiger partial charge in [-0.1, -0.05) is 18.2 Å². The van der Waals surface area contributed by atoms with Gasteiger partial charge in [-0.25, -0.2) is 9.97 Å². The van der Waals surface area contributed by atoms with E-state index in [1.807, 2.05) is 48.7 Å². The number of para-hydroxylation sites is 1. The number of hydrogen-bond acceptors (Lipinski definition) is 4. The molecule has 19 heavy (non-hydrogen) atoms. The van der Waals surface area contributed by atoms with E-state index in [1.54, 1.807) is 0 Å². The van der Waals surface area contributed by atoms with Crippen LogP contribution in [0.5, 0.6) is 11.5 Å². The number of nitrogens with zero attached hydrogens (tertiary/aromatic N) is 2. The predicted molar refractivity (Wildman–Crippen MR) is 71.1 cm³/mol. The first-order valence-corrected chi connectivity index (χ1v) is 6.02. The molecule has 0 spiro atoms. The summed E-state index contributed by atoms with van der Waals surface area (Å²) in [7, 11) is 0. The van der Waals surface area contributed by atoms with Crippen molar-refractivity contribution in [3.05, 3.63) is 48.7 Å². The molecule has 0 saturated heterocycles. The Morgan fingerprint density at radius 1 is 0.947 bits per heavy atom. The first kappa shape index (κ1) is 10.3. The summed E-state index contributed by atoms with van der Waals surface area (Å²) in [5.41, 5.74) is 1.86. The molecule has 4 rings (SSSR count). The van der Waals surface area contributed by atoms with Crippen LogP contribution in [0.3, 0.4) is 0 Å². The molecule has 0 bridgehead atoms. The van der Waals surface area contributed by atoms with Crippen LogP contribution in [-0.4, -0.2) is 16.8 Å². The molecule has 0 aliphatic carbocycles. The predicted octanol–water partition coefficient (Wildman–Crippen LogP) is 3.03. The van der Waals surface area contributed by atoms with Crippen LogP contribution in [0.15, 0.2) is 48.7 Å². The molecule has 0 fully saturated rings. The molecule has 0 N–H and O–H groups in total. The van der Waals surface area contributed by atoms with E-state index in [-0.39, 0.29) is 6.79 Å². The van der Waals surface area contributed by atoms with E-state index in [0.29, 0.717) is 5.82 Å². The largest absolute Gasteiger partial charge is 0.454 e. The maximum Gasteiger partial charge on any atom is 0.231 e. The van der Waals surface area contributed by atoms with E-state index < -0.39 is 0 Å². The Kier molecular flexibility index (Phi) is 2.14. The van der Waals surface area contributed by atoms with Gasteiger partial charge in [0.15, 0.2) is 17.3 Å². The molecule has 92 valence electrons. The summed E-state index contributed by atoms with van der Waals surface area (Å²) in [4.78, 5) is 8.96. The lowest BCUT2D eigenvalue weighted by atomic mass is 10.1. The van der Waals surface area contributed by atoms with E-state index >= 15 is 0 Å². The third-order valence-corrected chi connectivity index (χ3v) is 3.12. The molecule has 3 aromatic rings. The topological polar surface area (TPSA) is 44.2 Å². The normalized spacial score (nSPS) is 12.8. The SMILES string of the molecule is c1ccc2nc(-c3ccc4c(c3)OCO4)ncc2c1. The second-order valence-electron chi connectivity index (χ2n) is 4.32. The van der Waals surface area contributed by atoms with Crippen molar-refractivity contribution in [1.82, 2.24) is 9.97 Å². The molecule has 0 unspecified atom stereocenters. The smallest absolute Gasteiger partial charge is 0.231 e. The summed E-state index contributed by atoms with van der Waals surface area (Å²) < 4.78 is 10.7. The van der Waals surface area contributed by atoms with Crippen molar-refractivity contribution >= 4 is 10.9 Å². The molecule has 2 heterocycles. The van der Waals surface area contributed by atoms with Crippen molar-refractivity contribution < 1.29 is 9.47 Å². The number of hydrogen-bond donors (Lipinski definition) is 0. The number of fused-ring (bicyclic) bond motifs is 2. The number of aromatic nitrogens is 2. The van der Waals surface area contributed by atoms with E-state index in [9.17, 15) is 0 Å². The molecule has 1 aromatic heterocycles. The Hall–Kier alpha value is -2.62. The van der Waals surface area contributed by atoms with E-state index in [4.69, 9.17) is 9.47 Å². The van der Waals surface area contributed by atoms with Crippen molar-refractivity contribution in [2.75, 3.05) is 6.79 Å². The van der Waals surface area contributed by atoms with Gasteiger partial charge < -0.3 is 9.47 Å². The van der Waals surface area contributed by atoms with Gasteiger partial charge in [-0.2, -0.15) is 0 Å². The lowest BCUT2D eigenvalue weighted by molar-refractivity contribution is 0.174. The Bertz CT molecular complexity index is 771. The van der Waals surface area contributed by atoms with Crippen molar-refractivity contribution in [2.24, 2.45) is 0 Å². The minimum atomic E-state index is 0.275. The molecule has 0 atom stereocenters. The second kappa shape index (κ2) is 3.95. The highest BCUT2D eigenvalue weighted by Crippen LogP contribution is 2.35. The van der Waals surface area contributed by atoms with Crippen molar-refractivity contribution in [3.8, 4) is 22.9 Å². The van der Waals surface area contributed by atoms with Crippen LogP contribution in [0.2, 0.25) is 0 Å². The average molecular weight is 250 g/mol. The van der Waals surface area contributed by atoms with Crippen molar-refractivity contribution in [1.29, 1.82) is 0 Å². The summed E-state index contributed by atoms with van der Waals surface area (Å²) in [6.45, 7) is 0.275. The fourth-order valence-electron chi connectivity index (χ4n) is 2.15. The zero-order valence-corrected chi connectivity index (χ0v) is 10.0. The quantitative estimate of drug-likeness (QED) is 0.666. The Morgan fingerprint density at radius 2 is 1.84 bits per heavy atom. The Balaban J connectivity index is 1.85. The zero-order valence-electron chi connectivity index (χ0n) is 10.0. The number of benzene rings is 2. The summed E-state index contributed by atoms with van der Waals surface area (Å²) in [6.07, 6.45) is 1.84. The van der Waals surface area contributed by atoms with Gasteiger partial charge in [0, 0.05) is 17.1 Å². The van der Waals surface area contributed by atoms with E-state index in [1.165, 1.54) is 0 Å². The molecule has 1 aliphatic rings. The van der Waals surface area contributed by atoms with Crippen LogP contribution in [-0.2, 0) is 0 Å². The molecule has 0 amide bonds. The molecule has 1 aliphatic heterocycles. The van der Waals surface area contributed by atoms with Crippen molar-refractivity contribution in [2.45, 2.75) is 0 Å². The van der Waals surface area contributed by atoms with Crippen LogP contribution in [0.25, 0.3) is 22.3 Å². The fourth-order valence-corrected chi connectivity index (χ4v) is 2.15. The van der Waals surface area contributed by atoms with Crippen LogP contribution in [0.4, 0.5) is 0 Å². The molecular weight excluding hydrogens is 240 g/mol. The highest BCUT2D eigenvalue weighted by atomic mass is 16.7. The van der Waals surface area contributed by atoms with Crippen LogP contribution < -0.4 is 9.47 Å². The molecule has 4 nitrogen and oxygen atoms in total. The fraction of sp³-hybridized carbons (Fsp3) is 0.0667. The van der Waals surface area contributed by atoms with Gasteiger partial charge in [0.1, 0.15) is 0 Å². The molecule has 2 aromatic carbocycles. The zero-order chi connectivity index (χ0) is 12.7. The Morgan fingerprint density at radius 3 is 2.84 bits per heavy atom. The average Bonchev–Trinajstić information content (AvgIpc) is 2.94. The summed E-state index contributed by atoms with van der Waals surface area (Å²) in [5.74, 6) is 2.20. The second-order valence-corrected chi connectivity index (χ2v) is 4.32. The molecule has 4 heteroatoms. The lowest BCUT2D eigenvalue weighted by Gasteiger charge is -2.03.